The number of methoxy groups -OCH3 is 1. The number of halogens is 2. The van der Waals surface area contributed by atoms with E-state index in [9.17, 15) is 10.1 Å². The summed E-state index contributed by atoms with van der Waals surface area (Å²) in [6, 6.07) is 1.30. The molecule has 0 saturated heterocycles. The summed E-state index contributed by atoms with van der Waals surface area (Å²) in [7, 11) is 1.57. The predicted molar refractivity (Wildman–Crippen MR) is 64.2 cm³/mol. The van der Waals surface area contributed by atoms with Crippen molar-refractivity contribution in [2.24, 2.45) is 0 Å². The second kappa shape index (κ2) is 6.12. The highest BCUT2D eigenvalue weighted by molar-refractivity contribution is 9.09. The molecule has 5 nitrogen and oxygen atoms in total. The van der Waals surface area contributed by atoms with E-state index in [4.69, 9.17) is 16.3 Å². The molecule has 88 valence electrons. The summed E-state index contributed by atoms with van der Waals surface area (Å²) in [6.07, 6.45) is 1.82. The molecule has 1 unspecified atom stereocenters. The second-order valence-electron chi connectivity index (χ2n) is 3.13. The van der Waals surface area contributed by atoms with E-state index in [2.05, 4.69) is 20.9 Å². The van der Waals surface area contributed by atoms with Crippen LogP contribution in [0.1, 0.15) is 5.69 Å². The van der Waals surface area contributed by atoms with Crippen LogP contribution in [0.3, 0.4) is 0 Å². The van der Waals surface area contributed by atoms with Gasteiger partial charge in [0.25, 0.3) is 5.69 Å². The van der Waals surface area contributed by atoms with Crippen molar-refractivity contribution in [1.82, 2.24) is 4.98 Å². The third kappa shape index (κ3) is 3.70. The smallest absolute Gasteiger partial charge is 0.292 e. The average Bonchev–Trinajstić information content (AvgIpc) is 2.20. The molecular weight excluding hydrogens is 299 g/mol. The second-order valence-corrected chi connectivity index (χ2v) is 4.86. The number of ether oxygens (including phenoxy) is 1. The zero-order chi connectivity index (χ0) is 12.1. The molecule has 0 spiro atoms. The number of rotatable bonds is 5. The van der Waals surface area contributed by atoms with E-state index in [0.717, 1.165) is 0 Å². The van der Waals surface area contributed by atoms with E-state index >= 15 is 0 Å². The Balaban J connectivity index is 2.90. The Morgan fingerprint density at radius 3 is 3.00 bits per heavy atom. The Bertz CT molecular complexity index is 389. The molecule has 0 aliphatic rings. The van der Waals surface area contributed by atoms with Crippen LogP contribution in [0.4, 0.5) is 5.69 Å². The van der Waals surface area contributed by atoms with E-state index in [0.29, 0.717) is 18.7 Å². The minimum Gasteiger partial charge on any atom is -0.384 e. The van der Waals surface area contributed by atoms with Crippen LogP contribution in [0, 0.1) is 10.1 Å². The largest absolute Gasteiger partial charge is 0.384 e. The van der Waals surface area contributed by atoms with Crippen molar-refractivity contribution >= 4 is 33.2 Å². The van der Waals surface area contributed by atoms with Gasteiger partial charge in [-0.3, -0.25) is 15.1 Å². The van der Waals surface area contributed by atoms with Crippen LogP contribution < -0.4 is 0 Å². The summed E-state index contributed by atoms with van der Waals surface area (Å²) < 4.78 is 4.93. The van der Waals surface area contributed by atoms with Crippen LogP contribution in [-0.4, -0.2) is 28.5 Å². The van der Waals surface area contributed by atoms with Gasteiger partial charge in [-0.2, -0.15) is 0 Å². The molecule has 0 aliphatic heterocycles. The Hall–Kier alpha value is -0.720. The Morgan fingerprint density at radius 2 is 2.44 bits per heavy atom. The average molecular weight is 310 g/mol. The van der Waals surface area contributed by atoms with Gasteiger partial charge in [0.2, 0.25) is 0 Å². The lowest BCUT2D eigenvalue weighted by Gasteiger charge is -2.08. The lowest BCUT2D eigenvalue weighted by atomic mass is 10.2. The molecule has 16 heavy (non-hydrogen) atoms. The molecule has 1 rings (SSSR count). The maximum Gasteiger partial charge on any atom is 0.292 e. The van der Waals surface area contributed by atoms with Gasteiger partial charge in [-0.1, -0.05) is 27.5 Å². The number of nitro groups is 1. The van der Waals surface area contributed by atoms with Crippen molar-refractivity contribution in [2.45, 2.75) is 11.2 Å². The third-order valence-electron chi connectivity index (χ3n) is 1.87. The van der Waals surface area contributed by atoms with Crippen molar-refractivity contribution in [3.63, 3.8) is 0 Å². The number of hydrogen-bond acceptors (Lipinski definition) is 4. The van der Waals surface area contributed by atoms with Gasteiger partial charge in [-0.15, -0.1) is 0 Å². The molecule has 0 aliphatic carbocycles. The van der Waals surface area contributed by atoms with Crippen LogP contribution in [0.25, 0.3) is 0 Å². The first-order valence-electron chi connectivity index (χ1n) is 4.46. The first kappa shape index (κ1) is 13.3. The summed E-state index contributed by atoms with van der Waals surface area (Å²) in [4.78, 5) is 14.2. The molecule has 1 heterocycles. The molecular formula is C9H10BrClN2O3. The Morgan fingerprint density at radius 1 is 1.75 bits per heavy atom. The fourth-order valence-corrected chi connectivity index (χ4v) is 1.94. The molecule has 1 aromatic heterocycles. The molecule has 0 fully saturated rings. The van der Waals surface area contributed by atoms with E-state index in [1.54, 1.807) is 7.11 Å². The lowest BCUT2D eigenvalue weighted by Crippen LogP contribution is -2.12. The summed E-state index contributed by atoms with van der Waals surface area (Å²) in [5.74, 6) is 0. The molecule has 0 N–H and O–H groups in total. The number of pyridine rings is 1. The fourth-order valence-electron chi connectivity index (χ4n) is 1.22. The molecule has 7 heteroatoms. The van der Waals surface area contributed by atoms with Gasteiger partial charge in [0.15, 0.2) is 0 Å². The van der Waals surface area contributed by atoms with Crippen molar-refractivity contribution in [1.29, 1.82) is 0 Å². The van der Waals surface area contributed by atoms with E-state index in [1.807, 2.05) is 0 Å². The van der Waals surface area contributed by atoms with Gasteiger partial charge in [-0.05, 0) is 0 Å². The van der Waals surface area contributed by atoms with Gasteiger partial charge in [0.05, 0.1) is 16.6 Å². The van der Waals surface area contributed by atoms with Crippen LogP contribution >= 0.6 is 27.5 Å². The van der Waals surface area contributed by atoms with Crippen molar-refractivity contribution in [2.75, 3.05) is 13.7 Å². The molecule has 0 amide bonds. The Labute approximate surface area is 106 Å². The molecule has 1 atom stereocenters. The number of aromatic nitrogens is 1. The van der Waals surface area contributed by atoms with E-state index < -0.39 is 4.92 Å². The summed E-state index contributed by atoms with van der Waals surface area (Å²) in [6.45, 7) is 0.460. The standard InChI is InChI=1S/C9H10BrClN2O3/c1-16-5-6(10)2-8-9(13(14)15)3-7(11)4-12-8/h3-4,6H,2,5H2,1H3. The topological polar surface area (TPSA) is 65.3 Å². The summed E-state index contributed by atoms with van der Waals surface area (Å²) in [5.41, 5.74) is 0.335. The van der Waals surface area contributed by atoms with Gasteiger partial charge in [0.1, 0.15) is 5.69 Å². The van der Waals surface area contributed by atoms with Crippen LogP contribution in [0.2, 0.25) is 5.02 Å². The highest BCUT2D eigenvalue weighted by atomic mass is 79.9. The highest BCUT2D eigenvalue weighted by Crippen LogP contribution is 2.23. The van der Waals surface area contributed by atoms with Crippen molar-refractivity contribution in [3.05, 3.63) is 33.1 Å². The first-order chi connectivity index (χ1) is 7.54. The highest BCUT2D eigenvalue weighted by Gasteiger charge is 2.18. The molecule has 1 aromatic rings. The van der Waals surface area contributed by atoms with Crippen molar-refractivity contribution in [3.8, 4) is 0 Å². The molecule has 0 aromatic carbocycles. The maximum absolute atomic E-state index is 10.8. The SMILES string of the molecule is COCC(Br)Cc1ncc(Cl)cc1[N+](=O)[O-]. The number of alkyl halides is 1. The first-order valence-corrected chi connectivity index (χ1v) is 5.75. The molecule has 0 bridgehead atoms. The van der Waals surface area contributed by atoms with Gasteiger partial charge in [-0.25, -0.2) is 0 Å². The lowest BCUT2D eigenvalue weighted by molar-refractivity contribution is -0.385. The van der Waals surface area contributed by atoms with E-state index in [-0.39, 0.29) is 15.5 Å². The molecule has 0 saturated carbocycles. The van der Waals surface area contributed by atoms with Crippen molar-refractivity contribution < 1.29 is 9.66 Å². The minimum absolute atomic E-state index is 0.00937. The number of nitrogens with zero attached hydrogens (tertiary/aromatic N) is 2. The van der Waals surface area contributed by atoms with Gasteiger partial charge >= 0.3 is 0 Å². The molecule has 0 radical (unpaired) electrons. The zero-order valence-electron chi connectivity index (χ0n) is 8.52. The maximum atomic E-state index is 10.8. The van der Waals surface area contributed by atoms with Gasteiger partial charge < -0.3 is 4.74 Å². The van der Waals surface area contributed by atoms with Crippen LogP contribution in [0.5, 0.6) is 0 Å². The monoisotopic (exact) mass is 308 g/mol. The summed E-state index contributed by atoms with van der Waals surface area (Å²) in [5, 5.41) is 11.0. The van der Waals surface area contributed by atoms with E-state index in [1.165, 1.54) is 12.3 Å². The fraction of sp³-hybridized carbons (Fsp3) is 0.444. The van der Waals surface area contributed by atoms with Crippen LogP contribution in [0.15, 0.2) is 12.3 Å². The number of hydrogen-bond donors (Lipinski definition) is 0. The minimum atomic E-state index is -0.485. The normalized spacial score (nSPS) is 12.4. The van der Waals surface area contributed by atoms with Gasteiger partial charge in [0, 0.05) is 30.6 Å². The zero-order valence-corrected chi connectivity index (χ0v) is 10.9. The quantitative estimate of drug-likeness (QED) is 0.476. The van der Waals surface area contributed by atoms with Crippen LogP contribution in [-0.2, 0) is 11.2 Å². The Kier molecular flexibility index (Phi) is 5.11. The third-order valence-corrected chi connectivity index (χ3v) is 2.67. The summed E-state index contributed by atoms with van der Waals surface area (Å²) >= 11 is 9.01. The predicted octanol–water partition coefficient (Wildman–Crippen LogP) is 2.60.